The number of hydrogen-bond donors (Lipinski definition) is 2. The van der Waals surface area contributed by atoms with Gasteiger partial charge in [-0.25, -0.2) is 4.98 Å². The van der Waals surface area contributed by atoms with E-state index >= 15 is 0 Å². The van der Waals surface area contributed by atoms with Gasteiger partial charge in [-0.1, -0.05) is 0 Å². The number of ketones is 1. The lowest BCUT2D eigenvalue weighted by Gasteiger charge is -1.99. The number of benzene rings is 1. The number of amides is 1. The summed E-state index contributed by atoms with van der Waals surface area (Å²) in [5, 5.41) is 12.5. The maximum atomic E-state index is 11.5. The van der Waals surface area contributed by atoms with E-state index in [1.54, 1.807) is 18.2 Å². The Labute approximate surface area is 107 Å². The number of carbonyl (C=O) groups is 2. The zero-order valence-electron chi connectivity index (χ0n) is 9.77. The second-order valence-electron chi connectivity index (χ2n) is 3.92. The van der Waals surface area contributed by atoms with Crippen molar-refractivity contribution in [2.24, 2.45) is 0 Å². The van der Waals surface area contributed by atoms with Crippen molar-refractivity contribution in [3.05, 3.63) is 23.2 Å². The number of aromatic hydroxyl groups is 1. The van der Waals surface area contributed by atoms with Crippen LogP contribution in [0, 0.1) is 0 Å². The van der Waals surface area contributed by atoms with Gasteiger partial charge < -0.3 is 10.4 Å². The average Bonchev–Trinajstić information content (AvgIpc) is 2.67. The van der Waals surface area contributed by atoms with Crippen molar-refractivity contribution in [1.82, 2.24) is 10.3 Å². The summed E-state index contributed by atoms with van der Waals surface area (Å²) in [6.07, 6.45) is 0.146. The van der Waals surface area contributed by atoms with E-state index in [0.717, 1.165) is 4.70 Å². The number of nitrogens with zero attached hydrogens (tertiary/aromatic N) is 1. The lowest BCUT2D eigenvalue weighted by Crippen LogP contribution is -2.29. The van der Waals surface area contributed by atoms with Gasteiger partial charge in [0.15, 0.2) is 0 Å². The van der Waals surface area contributed by atoms with Gasteiger partial charge in [0.25, 0.3) is 0 Å². The van der Waals surface area contributed by atoms with Crippen molar-refractivity contribution in [3.63, 3.8) is 0 Å². The summed E-state index contributed by atoms with van der Waals surface area (Å²) in [6, 6.07) is 4.90. The Morgan fingerprint density at radius 1 is 1.44 bits per heavy atom. The van der Waals surface area contributed by atoms with Gasteiger partial charge in [0.2, 0.25) is 5.91 Å². The number of carbonyl (C=O) groups excluding carboxylic acids is 2. The largest absolute Gasteiger partial charge is 0.508 e. The molecule has 0 saturated carbocycles. The predicted octanol–water partition coefficient (Wildman–Crippen LogP) is 1.25. The Kier molecular flexibility index (Phi) is 3.57. The van der Waals surface area contributed by atoms with E-state index in [2.05, 4.69) is 10.3 Å². The number of phenols is 1. The predicted molar refractivity (Wildman–Crippen MR) is 68.7 cm³/mol. The van der Waals surface area contributed by atoms with Gasteiger partial charge in [-0.05, 0) is 19.1 Å². The molecule has 0 aliphatic carbocycles. The summed E-state index contributed by atoms with van der Waals surface area (Å²) in [7, 11) is 0. The third-order valence-electron chi connectivity index (χ3n) is 2.26. The molecule has 0 fully saturated rings. The van der Waals surface area contributed by atoms with Crippen molar-refractivity contribution in [3.8, 4) is 5.75 Å². The third-order valence-corrected chi connectivity index (χ3v) is 3.30. The molecule has 5 nitrogen and oxygen atoms in total. The first-order chi connectivity index (χ1) is 8.54. The number of rotatable bonds is 4. The molecule has 18 heavy (non-hydrogen) atoms. The number of thiazole rings is 1. The molecule has 1 heterocycles. The number of hydrogen-bond acceptors (Lipinski definition) is 5. The number of phenolic OH excluding ortho intramolecular Hbond substituents is 1. The van der Waals surface area contributed by atoms with Crippen molar-refractivity contribution in [2.75, 3.05) is 6.54 Å². The van der Waals surface area contributed by atoms with Crippen LogP contribution in [-0.4, -0.2) is 28.3 Å². The molecular weight excluding hydrogens is 252 g/mol. The van der Waals surface area contributed by atoms with Crippen LogP contribution >= 0.6 is 11.3 Å². The van der Waals surface area contributed by atoms with E-state index in [0.29, 0.717) is 10.5 Å². The number of fused-ring (bicyclic) bond motifs is 1. The van der Waals surface area contributed by atoms with Gasteiger partial charge in [0.1, 0.15) is 16.5 Å². The molecule has 1 aromatic carbocycles. The fourth-order valence-electron chi connectivity index (χ4n) is 1.46. The molecule has 0 aliphatic rings. The first kappa shape index (κ1) is 12.5. The quantitative estimate of drug-likeness (QED) is 0.871. The molecule has 0 bridgehead atoms. The summed E-state index contributed by atoms with van der Waals surface area (Å²) < 4.78 is 0.919. The summed E-state index contributed by atoms with van der Waals surface area (Å²) >= 11 is 1.40. The van der Waals surface area contributed by atoms with Gasteiger partial charge in [-0.3, -0.25) is 9.59 Å². The van der Waals surface area contributed by atoms with E-state index in [9.17, 15) is 14.7 Å². The van der Waals surface area contributed by atoms with Gasteiger partial charge in [0.05, 0.1) is 23.2 Å². The van der Waals surface area contributed by atoms with E-state index in [4.69, 9.17) is 0 Å². The molecule has 0 saturated heterocycles. The SMILES string of the molecule is CC(=O)CNC(=O)Cc1nc2cc(O)ccc2s1. The zero-order valence-corrected chi connectivity index (χ0v) is 10.6. The minimum atomic E-state index is -0.228. The highest BCUT2D eigenvalue weighted by Gasteiger charge is 2.09. The first-order valence-corrected chi connectivity index (χ1v) is 6.21. The second-order valence-corrected chi connectivity index (χ2v) is 5.03. The Hall–Kier alpha value is -1.95. The van der Waals surface area contributed by atoms with Crippen LogP contribution in [0.4, 0.5) is 0 Å². The van der Waals surface area contributed by atoms with E-state index in [1.807, 2.05) is 0 Å². The first-order valence-electron chi connectivity index (χ1n) is 5.39. The van der Waals surface area contributed by atoms with Crippen LogP contribution in [0.3, 0.4) is 0 Å². The molecular formula is C12H12N2O3S. The fraction of sp³-hybridized carbons (Fsp3) is 0.250. The molecule has 1 aromatic heterocycles. The highest BCUT2D eigenvalue weighted by Crippen LogP contribution is 2.25. The van der Waals surface area contributed by atoms with Crippen LogP contribution in [0.15, 0.2) is 18.2 Å². The van der Waals surface area contributed by atoms with Crippen molar-refractivity contribution < 1.29 is 14.7 Å². The molecule has 0 aliphatic heterocycles. The Balaban J connectivity index is 2.07. The average molecular weight is 264 g/mol. The molecule has 0 radical (unpaired) electrons. The van der Waals surface area contributed by atoms with Crippen LogP contribution in [0.5, 0.6) is 5.75 Å². The molecule has 2 rings (SSSR count). The number of Topliss-reactive ketones (excluding diaryl/α,β-unsaturated/α-hetero) is 1. The zero-order chi connectivity index (χ0) is 13.1. The maximum Gasteiger partial charge on any atom is 0.227 e. The van der Waals surface area contributed by atoms with Crippen LogP contribution in [0.1, 0.15) is 11.9 Å². The Morgan fingerprint density at radius 2 is 2.22 bits per heavy atom. The summed E-state index contributed by atoms with van der Waals surface area (Å²) in [6.45, 7) is 1.46. The molecule has 2 aromatic rings. The van der Waals surface area contributed by atoms with Gasteiger partial charge in [-0.15, -0.1) is 11.3 Å². The van der Waals surface area contributed by atoms with Crippen molar-refractivity contribution in [1.29, 1.82) is 0 Å². The van der Waals surface area contributed by atoms with Crippen molar-refractivity contribution >= 4 is 33.2 Å². The summed E-state index contributed by atoms with van der Waals surface area (Å²) in [5.74, 6) is -0.161. The highest BCUT2D eigenvalue weighted by molar-refractivity contribution is 7.18. The van der Waals surface area contributed by atoms with Gasteiger partial charge in [-0.2, -0.15) is 0 Å². The van der Waals surface area contributed by atoms with Crippen LogP contribution < -0.4 is 5.32 Å². The summed E-state index contributed by atoms with van der Waals surface area (Å²) in [4.78, 5) is 26.5. The molecule has 0 atom stereocenters. The van der Waals surface area contributed by atoms with E-state index in [-0.39, 0.29) is 30.4 Å². The smallest absolute Gasteiger partial charge is 0.227 e. The maximum absolute atomic E-state index is 11.5. The minimum Gasteiger partial charge on any atom is -0.508 e. The molecule has 94 valence electrons. The Bertz CT molecular complexity index is 606. The van der Waals surface area contributed by atoms with Crippen LogP contribution in [-0.2, 0) is 16.0 Å². The lowest BCUT2D eigenvalue weighted by atomic mass is 10.3. The molecule has 1 amide bonds. The lowest BCUT2D eigenvalue weighted by molar-refractivity contribution is -0.124. The van der Waals surface area contributed by atoms with Crippen LogP contribution in [0.25, 0.3) is 10.2 Å². The topological polar surface area (TPSA) is 79.3 Å². The van der Waals surface area contributed by atoms with E-state index < -0.39 is 0 Å². The molecule has 0 unspecified atom stereocenters. The van der Waals surface area contributed by atoms with Crippen molar-refractivity contribution in [2.45, 2.75) is 13.3 Å². The van der Waals surface area contributed by atoms with Gasteiger partial charge >= 0.3 is 0 Å². The standard InChI is InChI=1S/C12H12N2O3S/c1-7(15)6-13-11(17)5-12-14-9-4-8(16)2-3-10(9)18-12/h2-4,16H,5-6H2,1H3,(H,13,17). The minimum absolute atomic E-state index is 0.0461. The number of nitrogens with one attached hydrogen (secondary N) is 1. The number of aromatic nitrogens is 1. The normalized spacial score (nSPS) is 10.5. The monoisotopic (exact) mass is 264 g/mol. The second kappa shape index (κ2) is 5.14. The fourth-order valence-corrected chi connectivity index (χ4v) is 2.41. The molecule has 2 N–H and O–H groups in total. The Morgan fingerprint density at radius 3 is 2.94 bits per heavy atom. The van der Waals surface area contributed by atoms with Crippen LogP contribution in [0.2, 0.25) is 0 Å². The van der Waals surface area contributed by atoms with E-state index in [1.165, 1.54) is 18.3 Å². The van der Waals surface area contributed by atoms with Gasteiger partial charge in [0, 0.05) is 6.07 Å². The highest BCUT2D eigenvalue weighted by atomic mass is 32.1. The molecule has 6 heteroatoms. The molecule has 0 spiro atoms. The third kappa shape index (κ3) is 3.04. The summed E-state index contributed by atoms with van der Waals surface area (Å²) in [5.41, 5.74) is 0.675.